The number of thiophene rings is 1. The quantitative estimate of drug-likeness (QED) is 0.368. The standard InChI is InChI=1S/C18H15N3O3S2/c1-2-12-3-5-13(6-4-12)15-11-25-18(19-15)20-16(22)9-7-14-8-10-17(26-14)21(23)24/h3-11H,2H2,1H3,(H,19,20,22)/b9-7+. The highest BCUT2D eigenvalue weighted by molar-refractivity contribution is 7.16. The second kappa shape index (κ2) is 8.03. The van der Waals surface area contributed by atoms with Crippen LogP contribution >= 0.6 is 22.7 Å². The molecule has 3 aromatic rings. The summed E-state index contributed by atoms with van der Waals surface area (Å²) >= 11 is 2.36. The molecule has 1 amide bonds. The van der Waals surface area contributed by atoms with E-state index in [1.807, 2.05) is 17.5 Å². The van der Waals surface area contributed by atoms with Crippen molar-refractivity contribution in [1.29, 1.82) is 0 Å². The molecular formula is C18H15N3O3S2. The molecule has 6 nitrogen and oxygen atoms in total. The average molecular weight is 385 g/mol. The minimum atomic E-state index is -0.452. The fourth-order valence-corrected chi connectivity index (χ4v) is 3.66. The molecule has 0 atom stereocenters. The van der Waals surface area contributed by atoms with Crippen LogP contribution in [0.1, 0.15) is 17.4 Å². The van der Waals surface area contributed by atoms with Gasteiger partial charge in [0.25, 0.3) is 0 Å². The molecule has 26 heavy (non-hydrogen) atoms. The molecule has 0 unspecified atom stereocenters. The van der Waals surface area contributed by atoms with E-state index in [0.717, 1.165) is 29.0 Å². The van der Waals surface area contributed by atoms with E-state index in [-0.39, 0.29) is 10.9 Å². The van der Waals surface area contributed by atoms with Crippen molar-refractivity contribution >= 4 is 44.8 Å². The van der Waals surface area contributed by atoms with Crippen molar-refractivity contribution in [3.05, 3.63) is 68.4 Å². The number of rotatable bonds is 6. The Kier molecular flexibility index (Phi) is 5.55. The summed E-state index contributed by atoms with van der Waals surface area (Å²) in [4.78, 5) is 27.3. The van der Waals surface area contributed by atoms with Crippen LogP contribution in [0.4, 0.5) is 10.1 Å². The molecule has 0 fully saturated rings. The van der Waals surface area contributed by atoms with Gasteiger partial charge in [0.2, 0.25) is 5.91 Å². The number of nitro groups is 1. The monoisotopic (exact) mass is 385 g/mol. The van der Waals surface area contributed by atoms with E-state index < -0.39 is 4.92 Å². The maximum Gasteiger partial charge on any atom is 0.324 e. The van der Waals surface area contributed by atoms with Crippen molar-refractivity contribution in [2.45, 2.75) is 13.3 Å². The van der Waals surface area contributed by atoms with E-state index in [1.165, 1.54) is 29.0 Å². The van der Waals surface area contributed by atoms with Crippen molar-refractivity contribution in [2.75, 3.05) is 5.32 Å². The number of hydrogen-bond acceptors (Lipinski definition) is 6. The van der Waals surface area contributed by atoms with E-state index in [9.17, 15) is 14.9 Å². The molecule has 0 saturated carbocycles. The summed E-state index contributed by atoms with van der Waals surface area (Å²) in [6, 6.07) is 11.2. The van der Waals surface area contributed by atoms with Gasteiger partial charge >= 0.3 is 5.00 Å². The van der Waals surface area contributed by atoms with Gasteiger partial charge in [-0.2, -0.15) is 0 Å². The van der Waals surface area contributed by atoms with Crippen LogP contribution in [0.15, 0.2) is 47.9 Å². The summed E-state index contributed by atoms with van der Waals surface area (Å²) in [6.07, 6.45) is 3.87. The lowest BCUT2D eigenvalue weighted by molar-refractivity contribution is -0.380. The van der Waals surface area contributed by atoms with Crippen molar-refractivity contribution in [3.8, 4) is 11.3 Å². The second-order valence-corrected chi connectivity index (χ2v) is 7.30. The smallest absolute Gasteiger partial charge is 0.298 e. The summed E-state index contributed by atoms with van der Waals surface area (Å²) in [5.41, 5.74) is 3.07. The largest absolute Gasteiger partial charge is 0.324 e. The lowest BCUT2D eigenvalue weighted by Gasteiger charge is -1.99. The van der Waals surface area contributed by atoms with Crippen molar-refractivity contribution < 1.29 is 9.72 Å². The topological polar surface area (TPSA) is 85.1 Å². The molecule has 8 heteroatoms. The Hall–Kier alpha value is -2.84. The number of anilines is 1. The lowest BCUT2D eigenvalue weighted by atomic mass is 10.1. The van der Waals surface area contributed by atoms with Gasteiger partial charge in [-0.3, -0.25) is 20.2 Å². The third kappa shape index (κ3) is 4.41. The van der Waals surface area contributed by atoms with Gasteiger partial charge in [-0.25, -0.2) is 4.98 Å². The predicted molar refractivity (Wildman–Crippen MR) is 106 cm³/mol. The number of aryl methyl sites for hydroxylation is 1. The van der Waals surface area contributed by atoms with Gasteiger partial charge in [0.15, 0.2) is 5.13 Å². The summed E-state index contributed by atoms with van der Waals surface area (Å²) in [5, 5.41) is 15.8. The number of amides is 1. The fraction of sp³-hybridized carbons (Fsp3) is 0.111. The normalized spacial score (nSPS) is 11.0. The van der Waals surface area contributed by atoms with Crippen LogP contribution in [0.2, 0.25) is 0 Å². The van der Waals surface area contributed by atoms with Crippen LogP contribution in [0, 0.1) is 10.1 Å². The molecule has 0 spiro atoms. The molecule has 0 aliphatic rings. The fourth-order valence-electron chi connectivity index (χ4n) is 2.21. The maximum absolute atomic E-state index is 12.0. The van der Waals surface area contributed by atoms with E-state index in [4.69, 9.17) is 0 Å². The van der Waals surface area contributed by atoms with Gasteiger partial charge in [-0.05, 0) is 24.1 Å². The Morgan fingerprint density at radius 1 is 1.27 bits per heavy atom. The maximum atomic E-state index is 12.0. The van der Waals surface area contributed by atoms with Crippen molar-refractivity contribution in [3.63, 3.8) is 0 Å². The van der Waals surface area contributed by atoms with E-state index >= 15 is 0 Å². The number of nitrogens with one attached hydrogen (secondary N) is 1. The van der Waals surface area contributed by atoms with Gasteiger partial charge in [0.05, 0.1) is 10.6 Å². The molecule has 1 N–H and O–H groups in total. The first-order valence-electron chi connectivity index (χ1n) is 7.83. The number of carbonyl (C=O) groups excluding carboxylic acids is 1. The molecule has 0 bridgehead atoms. The summed E-state index contributed by atoms with van der Waals surface area (Å²) in [7, 11) is 0. The minimum Gasteiger partial charge on any atom is -0.298 e. The molecule has 0 aliphatic carbocycles. The second-order valence-electron chi connectivity index (χ2n) is 5.34. The first-order chi connectivity index (χ1) is 12.5. The number of thiazole rings is 1. The van der Waals surface area contributed by atoms with Crippen LogP contribution in [0.5, 0.6) is 0 Å². The van der Waals surface area contributed by atoms with E-state index in [2.05, 4.69) is 29.4 Å². The van der Waals surface area contributed by atoms with Crippen molar-refractivity contribution in [2.24, 2.45) is 0 Å². The van der Waals surface area contributed by atoms with Crippen LogP contribution < -0.4 is 5.32 Å². The first kappa shape index (κ1) is 18.0. The first-order valence-corrected chi connectivity index (χ1v) is 9.53. The highest BCUT2D eigenvalue weighted by atomic mass is 32.1. The molecule has 3 rings (SSSR count). The third-order valence-corrected chi connectivity index (χ3v) is 5.34. The number of carbonyl (C=O) groups is 1. The lowest BCUT2D eigenvalue weighted by Crippen LogP contribution is -2.07. The number of hydrogen-bond donors (Lipinski definition) is 1. The number of benzene rings is 1. The zero-order valence-corrected chi connectivity index (χ0v) is 15.5. The van der Waals surface area contributed by atoms with Gasteiger partial charge < -0.3 is 0 Å². The number of nitrogens with zero attached hydrogens (tertiary/aromatic N) is 2. The number of aromatic nitrogens is 1. The summed E-state index contributed by atoms with van der Waals surface area (Å²) in [5.74, 6) is -0.330. The average Bonchev–Trinajstić information content (AvgIpc) is 3.30. The summed E-state index contributed by atoms with van der Waals surface area (Å²) < 4.78 is 0. The van der Waals surface area contributed by atoms with Crippen LogP contribution in [-0.2, 0) is 11.2 Å². The van der Waals surface area contributed by atoms with Gasteiger partial charge in [-0.1, -0.05) is 42.5 Å². The molecule has 0 saturated heterocycles. The Morgan fingerprint density at radius 3 is 2.69 bits per heavy atom. The highest BCUT2D eigenvalue weighted by Gasteiger charge is 2.09. The van der Waals surface area contributed by atoms with Crippen LogP contribution in [-0.4, -0.2) is 15.8 Å². The highest BCUT2D eigenvalue weighted by Crippen LogP contribution is 2.26. The molecule has 2 aromatic heterocycles. The van der Waals surface area contributed by atoms with Crippen LogP contribution in [0.25, 0.3) is 17.3 Å². The predicted octanol–water partition coefficient (Wildman–Crippen LogP) is 4.99. The van der Waals surface area contributed by atoms with Crippen molar-refractivity contribution in [1.82, 2.24) is 4.98 Å². The SMILES string of the molecule is CCc1ccc(-c2csc(NC(=O)/C=C/c3ccc([N+](=O)[O-])s3)n2)cc1. The zero-order valence-electron chi connectivity index (χ0n) is 13.8. The molecule has 132 valence electrons. The Morgan fingerprint density at radius 2 is 2.04 bits per heavy atom. The van der Waals surface area contributed by atoms with Crippen LogP contribution in [0.3, 0.4) is 0 Å². The van der Waals surface area contributed by atoms with Gasteiger partial charge in [-0.15, -0.1) is 11.3 Å². The van der Waals surface area contributed by atoms with Gasteiger partial charge in [0, 0.05) is 28.0 Å². The third-order valence-electron chi connectivity index (χ3n) is 3.58. The Balaban J connectivity index is 1.63. The zero-order chi connectivity index (χ0) is 18.5. The van der Waals surface area contributed by atoms with E-state index in [0.29, 0.717) is 10.0 Å². The Bertz CT molecular complexity index is 958. The molecule has 2 heterocycles. The van der Waals surface area contributed by atoms with Gasteiger partial charge in [0.1, 0.15) is 0 Å². The Labute approximate surface area is 158 Å². The molecule has 1 aromatic carbocycles. The molecule has 0 aliphatic heterocycles. The van der Waals surface area contributed by atoms with E-state index in [1.54, 1.807) is 12.1 Å². The summed E-state index contributed by atoms with van der Waals surface area (Å²) in [6.45, 7) is 2.10. The minimum absolute atomic E-state index is 0.0451. The molecule has 0 radical (unpaired) electrons. The molecular weight excluding hydrogens is 370 g/mol.